The third kappa shape index (κ3) is 2.46. The molecule has 0 fully saturated rings. The fourth-order valence-electron chi connectivity index (χ4n) is 2.34. The maximum atomic E-state index is 10.9. The lowest BCUT2D eigenvalue weighted by Gasteiger charge is -2.23. The molecular weight excluding hydrogens is 252 g/mol. The molecular formula is C14H17ClO3. The smallest absolute Gasteiger partial charge is 0.306 e. The van der Waals surface area contributed by atoms with Gasteiger partial charge in [-0.2, -0.15) is 0 Å². The van der Waals surface area contributed by atoms with Gasteiger partial charge in [0.25, 0.3) is 0 Å². The van der Waals surface area contributed by atoms with E-state index in [9.17, 15) is 4.79 Å². The third-order valence-corrected chi connectivity index (χ3v) is 3.77. The predicted molar refractivity (Wildman–Crippen MR) is 70.5 cm³/mol. The van der Waals surface area contributed by atoms with E-state index in [1.807, 2.05) is 13.0 Å². The number of aliphatic carboxylic acids is 1. The molecule has 1 aliphatic heterocycles. The highest BCUT2D eigenvalue weighted by atomic mass is 35.5. The van der Waals surface area contributed by atoms with Crippen LogP contribution in [0.4, 0.5) is 0 Å². The summed E-state index contributed by atoms with van der Waals surface area (Å²) >= 11 is 6.21. The second-order valence-corrected chi connectivity index (χ2v) is 5.25. The van der Waals surface area contributed by atoms with Crippen LogP contribution >= 0.6 is 11.6 Å². The van der Waals surface area contributed by atoms with Gasteiger partial charge in [0.2, 0.25) is 0 Å². The van der Waals surface area contributed by atoms with Crippen LogP contribution in [-0.2, 0) is 17.6 Å². The third-order valence-electron chi connectivity index (χ3n) is 3.49. The Morgan fingerprint density at radius 3 is 3.00 bits per heavy atom. The van der Waals surface area contributed by atoms with E-state index in [0.717, 1.165) is 35.3 Å². The molecule has 18 heavy (non-hydrogen) atoms. The van der Waals surface area contributed by atoms with Gasteiger partial charge in [-0.25, -0.2) is 0 Å². The molecule has 98 valence electrons. The van der Waals surface area contributed by atoms with Crippen molar-refractivity contribution >= 4 is 17.6 Å². The van der Waals surface area contributed by atoms with Crippen LogP contribution in [0.1, 0.15) is 30.0 Å². The summed E-state index contributed by atoms with van der Waals surface area (Å²) in [6, 6.07) is 1.85. The van der Waals surface area contributed by atoms with Gasteiger partial charge in [-0.3, -0.25) is 4.79 Å². The Kier molecular flexibility index (Phi) is 3.81. The normalized spacial score (nSPS) is 15.7. The van der Waals surface area contributed by atoms with Crippen molar-refractivity contribution in [1.82, 2.24) is 0 Å². The Hall–Kier alpha value is -1.22. The molecule has 0 bridgehead atoms. The Balaban J connectivity index is 2.37. The van der Waals surface area contributed by atoms with Crippen LogP contribution in [0, 0.1) is 12.8 Å². The van der Waals surface area contributed by atoms with Gasteiger partial charge >= 0.3 is 5.97 Å². The average Bonchev–Trinajstić information content (AvgIpc) is 2.35. The van der Waals surface area contributed by atoms with Gasteiger partial charge in [-0.15, -0.1) is 0 Å². The van der Waals surface area contributed by atoms with Gasteiger partial charge in [0.15, 0.2) is 0 Å². The van der Waals surface area contributed by atoms with Crippen molar-refractivity contribution in [3.8, 4) is 5.75 Å². The minimum atomic E-state index is -0.778. The zero-order valence-electron chi connectivity index (χ0n) is 10.6. The SMILES string of the molecule is Cc1c(CC(C)C(=O)O)cc(Cl)c2c1CCCO2. The van der Waals surface area contributed by atoms with Crippen molar-refractivity contribution in [2.24, 2.45) is 5.92 Å². The number of benzene rings is 1. The van der Waals surface area contributed by atoms with Crippen LogP contribution in [0.25, 0.3) is 0 Å². The van der Waals surface area contributed by atoms with Crippen molar-refractivity contribution in [3.63, 3.8) is 0 Å². The minimum absolute atomic E-state index is 0.401. The van der Waals surface area contributed by atoms with Gasteiger partial charge < -0.3 is 9.84 Å². The fraction of sp³-hybridized carbons (Fsp3) is 0.500. The van der Waals surface area contributed by atoms with Crippen molar-refractivity contribution in [1.29, 1.82) is 0 Å². The lowest BCUT2D eigenvalue weighted by molar-refractivity contribution is -0.141. The van der Waals surface area contributed by atoms with E-state index in [4.69, 9.17) is 21.4 Å². The van der Waals surface area contributed by atoms with Crippen molar-refractivity contribution < 1.29 is 14.6 Å². The molecule has 0 saturated carbocycles. The first kappa shape index (κ1) is 13.2. The maximum absolute atomic E-state index is 10.9. The summed E-state index contributed by atoms with van der Waals surface area (Å²) < 4.78 is 5.59. The standard InChI is InChI=1S/C14H17ClO3/c1-8(14(16)17)6-10-7-12(15)13-11(9(10)2)4-3-5-18-13/h7-8H,3-6H2,1-2H3,(H,16,17). The highest BCUT2D eigenvalue weighted by Gasteiger charge is 2.21. The monoisotopic (exact) mass is 268 g/mol. The summed E-state index contributed by atoms with van der Waals surface area (Å²) in [5, 5.41) is 9.58. The molecule has 1 aromatic rings. The summed E-state index contributed by atoms with van der Waals surface area (Å²) in [7, 11) is 0. The predicted octanol–water partition coefficient (Wildman–Crippen LogP) is 3.24. The van der Waals surface area contributed by atoms with Crippen LogP contribution in [0.2, 0.25) is 5.02 Å². The first-order valence-electron chi connectivity index (χ1n) is 6.17. The van der Waals surface area contributed by atoms with Crippen LogP contribution in [-0.4, -0.2) is 17.7 Å². The highest BCUT2D eigenvalue weighted by Crippen LogP contribution is 2.37. The largest absolute Gasteiger partial charge is 0.492 e. The van der Waals surface area contributed by atoms with Crippen LogP contribution < -0.4 is 4.74 Å². The molecule has 1 unspecified atom stereocenters. The minimum Gasteiger partial charge on any atom is -0.492 e. The molecule has 1 N–H and O–H groups in total. The van der Waals surface area contributed by atoms with E-state index in [1.165, 1.54) is 0 Å². The van der Waals surface area contributed by atoms with E-state index in [2.05, 4.69) is 0 Å². The number of fused-ring (bicyclic) bond motifs is 1. The Morgan fingerprint density at radius 1 is 1.61 bits per heavy atom. The number of carboxylic acid groups (broad SMARTS) is 1. The van der Waals surface area contributed by atoms with E-state index in [1.54, 1.807) is 6.92 Å². The number of ether oxygens (including phenoxy) is 1. The second kappa shape index (κ2) is 5.19. The number of carbonyl (C=O) groups is 1. The molecule has 1 aromatic carbocycles. The summed E-state index contributed by atoms with van der Waals surface area (Å²) in [6.45, 7) is 4.44. The lowest BCUT2D eigenvalue weighted by Crippen LogP contribution is -2.15. The summed E-state index contributed by atoms with van der Waals surface area (Å²) in [5.41, 5.74) is 3.28. The number of hydrogen-bond acceptors (Lipinski definition) is 2. The summed E-state index contributed by atoms with van der Waals surface area (Å²) in [4.78, 5) is 10.9. The molecule has 0 saturated heterocycles. The molecule has 0 aliphatic carbocycles. The molecule has 0 spiro atoms. The van der Waals surface area contributed by atoms with Gasteiger partial charge in [0.05, 0.1) is 17.5 Å². The topological polar surface area (TPSA) is 46.5 Å². The lowest BCUT2D eigenvalue weighted by atomic mass is 9.91. The fourth-order valence-corrected chi connectivity index (χ4v) is 2.64. The molecule has 2 rings (SSSR count). The molecule has 4 heteroatoms. The van der Waals surface area contributed by atoms with Crippen LogP contribution in [0.15, 0.2) is 6.07 Å². The number of rotatable bonds is 3. The summed E-state index contributed by atoms with van der Waals surface area (Å²) in [5.74, 6) is -0.394. The molecule has 1 aliphatic rings. The first-order chi connectivity index (χ1) is 8.50. The van der Waals surface area contributed by atoms with Crippen molar-refractivity contribution in [2.45, 2.75) is 33.1 Å². The Labute approximate surface area is 112 Å². The Bertz CT molecular complexity index is 482. The Morgan fingerprint density at radius 2 is 2.33 bits per heavy atom. The van der Waals surface area contributed by atoms with Gasteiger partial charge in [0, 0.05) is 0 Å². The number of hydrogen-bond donors (Lipinski definition) is 1. The van der Waals surface area contributed by atoms with E-state index in [-0.39, 0.29) is 0 Å². The molecule has 0 aromatic heterocycles. The summed E-state index contributed by atoms with van der Waals surface area (Å²) in [6.07, 6.45) is 2.45. The molecule has 0 radical (unpaired) electrons. The van der Waals surface area contributed by atoms with Crippen LogP contribution in [0.3, 0.4) is 0 Å². The molecule has 1 heterocycles. The zero-order valence-corrected chi connectivity index (χ0v) is 11.4. The molecule has 1 atom stereocenters. The number of halogens is 1. The van der Waals surface area contributed by atoms with Gasteiger partial charge in [-0.05, 0) is 48.9 Å². The van der Waals surface area contributed by atoms with Gasteiger partial charge in [0.1, 0.15) is 5.75 Å². The molecule has 0 amide bonds. The first-order valence-corrected chi connectivity index (χ1v) is 6.55. The van der Waals surface area contributed by atoms with E-state index in [0.29, 0.717) is 18.1 Å². The average molecular weight is 269 g/mol. The van der Waals surface area contributed by atoms with Gasteiger partial charge in [-0.1, -0.05) is 18.5 Å². The zero-order chi connectivity index (χ0) is 13.3. The molecule has 3 nitrogen and oxygen atoms in total. The second-order valence-electron chi connectivity index (χ2n) is 4.85. The van der Waals surface area contributed by atoms with Crippen molar-refractivity contribution in [3.05, 3.63) is 27.8 Å². The van der Waals surface area contributed by atoms with E-state index < -0.39 is 11.9 Å². The van der Waals surface area contributed by atoms with Crippen molar-refractivity contribution in [2.75, 3.05) is 6.61 Å². The van der Waals surface area contributed by atoms with Crippen LogP contribution in [0.5, 0.6) is 5.75 Å². The number of carboxylic acids is 1. The maximum Gasteiger partial charge on any atom is 0.306 e. The quantitative estimate of drug-likeness (QED) is 0.915. The highest BCUT2D eigenvalue weighted by molar-refractivity contribution is 6.32. The van der Waals surface area contributed by atoms with E-state index >= 15 is 0 Å².